The molecule has 0 aromatic carbocycles. The summed E-state index contributed by atoms with van der Waals surface area (Å²) in [6.45, 7) is 4.08. The number of ether oxygens (including phenoxy) is 2. The first-order valence-electron chi connectivity index (χ1n) is 29.3. The lowest BCUT2D eigenvalue weighted by Gasteiger charge is -2.28. The summed E-state index contributed by atoms with van der Waals surface area (Å²) in [5.41, 5.74) is 0. The van der Waals surface area contributed by atoms with E-state index < -0.39 is 32.5 Å². The highest BCUT2D eigenvalue weighted by atomic mass is 31.2. The minimum absolute atomic E-state index is 0.0447. The van der Waals surface area contributed by atoms with Crippen molar-refractivity contribution in [3.05, 3.63) is 85.1 Å². The zero-order chi connectivity index (χ0) is 52.7. The first-order chi connectivity index (χ1) is 35.0. The zero-order valence-corrected chi connectivity index (χ0v) is 48.0. The Morgan fingerprint density at radius 3 is 1.17 bits per heavy atom. The van der Waals surface area contributed by atoms with Gasteiger partial charge in [0, 0.05) is 12.8 Å². The first-order valence-corrected chi connectivity index (χ1v) is 30.8. The lowest BCUT2D eigenvalue weighted by atomic mass is 10.0. The molecule has 0 spiro atoms. The van der Waals surface area contributed by atoms with E-state index in [1.807, 2.05) is 27.2 Å². The van der Waals surface area contributed by atoms with Crippen molar-refractivity contribution in [1.29, 1.82) is 0 Å². The normalized spacial score (nSPS) is 13.9. The van der Waals surface area contributed by atoms with Gasteiger partial charge in [-0.25, -0.2) is 0 Å². The zero-order valence-electron chi connectivity index (χ0n) is 47.1. The molecule has 0 fully saturated rings. The largest absolute Gasteiger partial charge is 0.756 e. The van der Waals surface area contributed by atoms with E-state index in [9.17, 15) is 19.0 Å². The maximum Gasteiger partial charge on any atom is 0.306 e. The lowest BCUT2D eigenvalue weighted by Crippen LogP contribution is -2.37. The van der Waals surface area contributed by atoms with Crippen LogP contribution in [-0.4, -0.2) is 70.0 Å². The average molecular weight is 1030 g/mol. The second-order valence-electron chi connectivity index (χ2n) is 20.6. The number of nitrogens with zero attached hydrogens (tertiary/aromatic N) is 1. The van der Waals surface area contributed by atoms with Crippen molar-refractivity contribution in [2.24, 2.45) is 0 Å². The molecule has 2 atom stereocenters. The third-order valence-electron chi connectivity index (χ3n) is 12.4. The molecule has 0 radical (unpaired) electrons. The van der Waals surface area contributed by atoms with Gasteiger partial charge in [0.1, 0.15) is 19.8 Å². The number of carbonyl (C=O) groups excluding carboxylic acids is 2. The van der Waals surface area contributed by atoms with Gasteiger partial charge >= 0.3 is 11.9 Å². The van der Waals surface area contributed by atoms with Crippen LogP contribution in [0.15, 0.2) is 85.1 Å². The molecule has 0 aromatic heterocycles. The maximum absolute atomic E-state index is 12.8. The molecule has 0 aliphatic heterocycles. The number of phosphoric ester groups is 1. The number of carbonyl (C=O) groups is 2. The fourth-order valence-electron chi connectivity index (χ4n) is 7.94. The minimum Gasteiger partial charge on any atom is -0.756 e. The van der Waals surface area contributed by atoms with Crippen LogP contribution in [0, 0.1) is 0 Å². The van der Waals surface area contributed by atoms with E-state index in [0.29, 0.717) is 23.9 Å². The van der Waals surface area contributed by atoms with Gasteiger partial charge in [0.2, 0.25) is 0 Å². The van der Waals surface area contributed by atoms with E-state index in [1.165, 1.54) is 141 Å². The highest BCUT2D eigenvalue weighted by Crippen LogP contribution is 2.38. The summed E-state index contributed by atoms with van der Waals surface area (Å²) in [6, 6.07) is 0. The monoisotopic (exact) mass is 1030 g/mol. The van der Waals surface area contributed by atoms with Gasteiger partial charge in [-0.1, -0.05) is 253 Å². The number of esters is 2. The van der Waals surface area contributed by atoms with E-state index in [4.69, 9.17) is 18.5 Å². The van der Waals surface area contributed by atoms with Crippen molar-refractivity contribution >= 4 is 19.8 Å². The van der Waals surface area contributed by atoms with Crippen LogP contribution < -0.4 is 4.89 Å². The molecular weight excluding hydrogens is 918 g/mol. The Hall–Kier alpha value is -2.81. The quantitative estimate of drug-likeness (QED) is 0.0195. The lowest BCUT2D eigenvalue weighted by molar-refractivity contribution is -0.870. The summed E-state index contributed by atoms with van der Waals surface area (Å²) in [5.74, 6) is -0.899. The number of rotatable bonds is 53. The van der Waals surface area contributed by atoms with Crippen LogP contribution in [0.2, 0.25) is 0 Å². The molecule has 0 amide bonds. The third kappa shape index (κ3) is 56.5. The molecule has 0 saturated heterocycles. The van der Waals surface area contributed by atoms with Crippen LogP contribution in [0.5, 0.6) is 0 Å². The number of unbranched alkanes of at least 4 members (excludes halogenated alkanes) is 25. The smallest absolute Gasteiger partial charge is 0.306 e. The van der Waals surface area contributed by atoms with Crippen LogP contribution in [0.1, 0.15) is 245 Å². The minimum atomic E-state index is -4.66. The number of quaternary nitrogens is 1. The summed E-state index contributed by atoms with van der Waals surface area (Å²) in [6.07, 6.45) is 70.7. The molecule has 9 nitrogen and oxygen atoms in total. The standard InChI is InChI=1S/C62H110NO8P/c1-6-8-10-12-14-16-18-20-22-24-26-28-30-31-33-34-36-38-40-42-44-46-48-50-52-54-61(64)68-58-60(59-70-72(66,67)69-57-56-63(3,4)5)71-62(65)55-53-51-49-47-45-43-41-39-37-35-32-29-27-25-23-21-19-17-15-13-11-9-7-2/h9,11,15,17,21,23,27,29,35,37,41,43,47,49,60H,6-8,10,12-14,16,18-20,22,24-26,28,30-34,36,38-40,42,44-46,48,50-59H2,1-5H3/b11-9-,17-15-,23-21-,29-27-,37-35-,43-41-,49-47-. The van der Waals surface area contributed by atoms with E-state index >= 15 is 0 Å². The second kappa shape index (κ2) is 53.0. The van der Waals surface area contributed by atoms with Gasteiger partial charge < -0.3 is 27.9 Å². The number of hydrogen-bond acceptors (Lipinski definition) is 8. The second-order valence-corrected chi connectivity index (χ2v) is 22.0. The summed E-state index contributed by atoms with van der Waals surface area (Å²) in [7, 11) is 1.12. The molecule has 0 aromatic rings. The molecule has 0 N–H and O–H groups in total. The first kappa shape index (κ1) is 69.2. The van der Waals surface area contributed by atoms with Crippen molar-refractivity contribution in [1.82, 2.24) is 0 Å². The van der Waals surface area contributed by atoms with Crippen molar-refractivity contribution in [3.8, 4) is 0 Å². The molecule has 0 bridgehead atoms. The Morgan fingerprint density at radius 1 is 0.444 bits per heavy atom. The predicted molar refractivity (Wildman–Crippen MR) is 305 cm³/mol. The predicted octanol–water partition coefficient (Wildman–Crippen LogP) is 17.6. The van der Waals surface area contributed by atoms with E-state index in [1.54, 1.807) is 0 Å². The van der Waals surface area contributed by atoms with E-state index in [-0.39, 0.29) is 26.1 Å². The Kier molecular flexibility index (Phi) is 51.0. The number of allylic oxidation sites excluding steroid dienone is 14. The summed E-state index contributed by atoms with van der Waals surface area (Å²) in [5, 5.41) is 0. The van der Waals surface area contributed by atoms with Gasteiger partial charge in [0.15, 0.2) is 6.10 Å². The topological polar surface area (TPSA) is 111 Å². The van der Waals surface area contributed by atoms with Gasteiger partial charge in [-0.3, -0.25) is 14.2 Å². The van der Waals surface area contributed by atoms with Crippen LogP contribution in [0.25, 0.3) is 0 Å². The van der Waals surface area contributed by atoms with Crippen LogP contribution in [-0.2, 0) is 32.7 Å². The Labute approximate surface area is 443 Å². The Bertz CT molecular complexity index is 1490. The average Bonchev–Trinajstić information content (AvgIpc) is 3.34. The number of phosphoric acid groups is 1. The molecule has 0 saturated carbocycles. The van der Waals surface area contributed by atoms with Crippen molar-refractivity contribution in [2.45, 2.75) is 251 Å². The summed E-state index contributed by atoms with van der Waals surface area (Å²) < 4.78 is 34.1. The Balaban J connectivity index is 4.24. The van der Waals surface area contributed by atoms with Crippen LogP contribution in [0.4, 0.5) is 0 Å². The van der Waals surface area contributed by atoms with Crippen LogP contribution >= 0.6 is 7.82 Å². The van der Waals surface area contributed by atoms with Gasteiger partial charge in [0.05, 0.1) is 27.7 Å². The van der Waals surface area contributed by atoms with E-state index in [0.717, 1.165) is 64.2 Å². The molecule has 0 aliphatic rings. The molecule has 0 heterocycles. The molecule has 416 valence electrons. The van der Waals surface area contributed by atoms with Crippen molar-refractivity contribution in [3.63, 3.8) is 0 Å². The van der Waals surface area contributed by atoms with Gasteiger partial charge in [-0.2, -0.15) is 0 Å². The fraction of sp³-hybridized carbons (Fsp3) is 0.742. The highest BCUT2D eigenvalue weighted by Gasteiger charge is 2.21. The number of likely N-dealkylation sites (N-methyl/N-ethyl adjacent to an activating group) is 1. The van der Waals surface area contributed by atoms with Gasteiger partial charge in [0.25, 0.3) is 7.82 Å². The number of hydrogen-bond donors (Lipinski definition) is 0. The van der Waals surface area contributed by atoms with Crippen molar-refractivity contribution < 1.29 is 42.1 Å². The summed E-state index contributed by atoms with van der Waals surface area (Å²) >= 11 is 0. The van der Waals surface area contributed by atoms with Gasteiger partial charge in [-0.05, 0) is 64.2 Å². The van der Waals surface area contributed by atoms with E-state index in [2.05, 4.69) is 92.8 Å². The fourth-order valence-corrected chi connectivity index (χ4v) is 8.67. The summed E-state index contributed by atoms with van der Waals surface area (Å²) in [4.78, 5) is 37.8. The Morgan fingerprint density at radius 2 is 0.792 bits per heavy atom. The molecular formula is C62H110NO8P. The maximum atomic E-state index is 12.8. The molecule has 72 heavy (non-hydrogen) atoms. The highest BCUT2D eigenvalue weighted by molar-refractivity contribution is 7.45. The molecule has 0 aliphatic carbocycles. The SMILES string of the molecule is CC/C=C\C/C=C\C/C=C\C/C=C\C/C=C\C/C=C\C/C=C\CCCC(=O)OC(COC(=O)CCCCCCCCCCCCCCCCCCCCCCCCCCC)COP(=O)([O-])OCC[N+](C)(C)C. The molecule has 2 unspecified atom stereocenters. The van der Waals surface area contributed by atoms with Crippen molar-refractivity contribution in [2.75, 3.05) is 47.5 Å². The van der Waals surface area contributed by atoms with Gasteiger partial charge in [-0.15, -0.1) is 0 Å². The van der Waals surface area contributed by atoms with Crippen LogP contribution in [0.3, 0.4) is 0 Å². The molecule has 0 rings (SSSR count). The third-order valence-corrected chi connectivity index (χ3v) is 13.4. The molecule has 10 heteroatoms.